The quantitative estimate of drug-likeness (QED) is 0.798. The van der Waals surface area contributed by atoms with Crippen LogP contribution in [-0.2, 0) is 11.2 Å². The summed E-state index contributed by atoms with van der Waals surface area (Å²) < 4.78 is 15.4. The summed E-state index contributed by atoms with van der Waals surface area (Å²) in [5, 5.41) is 0.953. The van der Waals surface area contributed by atoms with E-state index in [1.807, 2.05) is 6.92 Å². The van der Waals surface area contributed by atoms with Crippen molar-refractivity contribution in [2.45, 2.75) is 32.3 Å². The molecule has 23 heavy (non-hydrogen) atoms. The molecule has 7 nitrogen and oxygen atoms in total. The van der Waals surface area contributed by atoms with E-state index in [-0.39, 0.29) is 6.10 Å². The molecule has 0 saturated carbocycles. The Hall–Kier alpha value is -1.80. The molecule has 2 aromatic rings. The number of nitrogens with zero attached hydrogens (tertiary/aromatic N) is 5. The Balaban J connectivity index is 1.59. The van der Waals surface area contributed by atoms with Gasteiger partial charge in [0.2, 0.25) is 5.13 Å². The maximum absolute atomic E-state index is 5.91. The van der Waals surface area contributed by atoms with Crippen molar-refractivity contribution in [1.29, 1.82) is 0 Å². The number of ether oxygens (including phenoxy) is 2. The predicted octanol–water partition coefficient (Wildman–Crippen LogP) is 1.87. The summed E-state index contributed by atoms with van der Waals surface area (Å²) in [6, 6.07) is 0.445. The molecule has 0 N–H and O–H groups in total. The lowest BCUT2D eigenvalue weighted by Crippen LogP contribution is -2.41. The molecule has 0 aromatic carbocycles. The molecule has 1 aliphatic heterocycles. The fourth-order valence-corrected chi connectivity index (χ4v) is 3.21. The minimum Gasteiger partial charge on any atom is -0.458 e. The first kappa shape index (κ1) is 16.1. The Morgan fingerprint density at radius 2 is 2.17 bits per heavy atom. The van der Waals surface area contributed by atoms with Gasteiger partial charge in [0.1, 0.15) is 11.9 Å². The molecule has 1 unspecified atom stereocenters. The second kappa shape index (κ2) is 7.65. The highest BCUT2D eigenvalue weighted by Crippen LogP contribution is 2.23. The van der Waals surface area contributed by atoms with Gasteiger partial charge >= 0.3 is 6.01 Å². The average molecular weight is 335 g/mol. The highest BCUT2D eigenvalue weighted by molar-refractivity contribution is 7.09. The van der Waals surface area contributed by atoms with Crippen LogP contribution in [0, 0.1) is 6.92 Å². The third kappa shape index (κ3) is 4.35. The number of anilines is 1. The normalized spacial score (nSPS) is 18.2. The Morgan fingerprint density at radius 1 is 1.35 bits per heavy atom. The van der Waals surface area contributed by atoms with E-state index in [0.717, 1.165) is 48.9 Å². The molecule has 0 amide bonds. The molecule has 3 heterocycles. The molecule has 0 radical (unpaired) electrons. The number of hydrogen-bond acceptors (Lipinski definition) is 8. The maximum atomic E-state index is 5.91. The summed E-state index contributed by atoms with van der Waals surface area (Å²) >= 11 is 1.44. The molecule has 1 aliphatic rings. The monoisotopic (exact) mass is 335 g/mol. The van der Waals surface area contributed by atoms with E-state index in [2.05, 4.69) is 24.2 Å². The van der Waals surface area contributed by atoms with Gasteiger partial charge in [-0.2, -0.15) is 4.37 Å². The first-order valence-electron chi connectivity index (χ1n) is 7.76. The Labute approximate surface area is 139 Å². The molecular weight excluding hydrogens is 314 g/mol. The highest BCUT2D eigenvalue weighted by atomic mass is 32.1. The number of hydrogen-bond donors (Lipinski definition) is 0. The third-order valence-corrected chi connectivity index (χ3v) is 4.48. The van der Waals surface area contributed by atoms with Gasteiger partial charge < -0.3 is 14.4 Å². The van der Waals surface area contributed by atoms with E-state index in [1.54, 1.807) is 19.5 Å². The minimum absolute atomic E-state index is 0.0813. The lowest BCUT2D eigenvalue weighted by molar-refractivity contribution is 0.164. The van der Waals surface area contributed by atoms with Gasteiger partial charge in [0, 0.05) is 44.0 Å². The van der Waals surface area contributed by atoms with Crippen LogP contribution in [0.5, 0.6) is 6.01 Å². The lowest BCUT2D eigenvalue weighted by Gasteiger charge is -2.31. The summed E-state index contributed by atoms with van der Waals surface area (Å²) in [7, 11) is 1.69. The number of piperidine rings is 1. The standard InChI is InChI=1S/C15H21N5O2S/c1-11-8-16-14(17-9-11)22-12-4-3-6-20(10-12)15-18-13(19-23-15)5-7-21-2/h8-9,12H,3-7,10H2,1-2H3. The van der Waals surface area contributed by atoms with Gasteiger partial charge in [-0.25, -0.2) is 15.0 Å². The van der Waals surface area contributed by atoms with Crippen LogP contribution in [0.15, 0.2) is 12.4 Å². The van der Waals surface area contributed by atoms with Crippen LogP contribution in [0.1, 0.15) is 24.2 Å². The summed E-state index contributed by atoms with van der Waals surface area (Å²) in [5.74, 6) is 0.844. The van der Waals surface area contributed by atoms with Crippen molar-refractivity contribution >= 4 is 16.7 Å². The molecule has 3 rings (SSSR count). The largest absolute Gasteiger partial charge is 0.458 e. The van der Waals surface area contributed by atoms with Crippen molar-refractivity contribution in [2.24, 2.45) is 0 Å². The van der Waals surface area contributed by atoms with E-state index in [9.17, 15) is 0 Å². The summed E-state index contributed by atoms with van der Waals surface area (Å²) in [6.45, 7) is 4.37. The molecule has 8 heteroatoms. The average Bonchev–Trinajstić information content (AvgIpc) is 3.04. The van der Waals surface area contributed by atoms with Gasteiger partial charge in [-0.3, -0.25) is 0 Å². The maximum Gasteiger partial charge on any atom is 0.316 e. The summed E-state index contributed by atoms with van der Waals surface area (Å²) in [4.78, 5) is 15.3. The van der Waals surface area contributed by atoms with Gasteiger partial charge in [-0.15, -0.1) is 0 Å². The Kier molecular flexibility index (Phi) is 5.35. The lowest BCUT2D eigenvalue weighted by atomic mass is 10.1. The fourth-order valence-electron chi connectivity index (χ4n) is 2.47. The molecule has 1 saturated heterocycles. The second-order valence-corrected chi connectivity index (χ2v) is 6.34. The topological polar surface area (TPSA) is 73.3 Å². The predicted molar refractivity (Wildman–Crippen MR) is 88.1 cm³/mol. The van der Waals surface area contributed by atoms with Crippen molar-refractivity contribution in [3.63, 3.8) is 0 Å². The first-order valence-corrected chi connectivity index (χ1v) is 8.53. The van der Waals surface area contributed by atoms with Gasteiger partial charge in [-0.1, -0.05) is 0 Å². The van der Waals surface area contributed by atoms with Crippen molar-refractivity contribution in [3.8, 4) is 6.01 Å². The van der Waals surface area contributed by atoms with Gasteiger partial charge in [0.15, 0.2) is 0 Å². The smallest absolute Gasteiger partial charge is 0.316 e. The number of methoxy groups -OCH3 is 1. The molecule has 0 aliphatic carbocycles. The van der Waals surface area contributed by atoms with Crippen LogP contribution in [0.25, 0.3) is 0 Å². The van der Waals surface area contributed by atoms with Gasteiger partial charge in [0.05, 0.1) is 13.2 Å². The summed E-state index contributed by atoms with van der Waals surface area (Å²) in [6.07, 6.45) is 6.44. The van der Waals surface area contributed by atoms with Crippen LogP contribution in [-0.4, -0.2) is 52.2 Å². The first-order chi connectivity index (χ1) is 11.2. The third-order valence-electron chi connectivity index (χ3n) is 3.67. The molecule has 124 valence electrons. The molecule has 0 bridgehead atoms. The van der Waals surface area contributed by atoms with Crippen LogP contribution >= 0.6 is 11.5 Å². The van der Waals surface area contributed by atoms with Crippen molar-refractivity contribution in [2.75, 3.05) is 31.7 Å². The van der Waals surface area contributed by atoms with Crippen molar-refractivity contribution < 1.29 is 9.47 Å². The van der Waals surface area contributed by atoms with E-state index < -0.39 is 0 Å². The Bertz CT molecular complexity index is 619. The van der Waals surface area contributed by atoms with Crippen LogP contribution in [0.3, 0.4) is 0 Å². The van der Waals surface area contributed by atoms with Gasteiger partial charge in [0.25, 0.3) is 0 Å². The molecule has 2 aromatic heterocycles. The summed E-state index contributed by atoms with van der Waals surface area (Å²) in [5.41, 5.74) is 1.03. The van der Waals surface area contributed by atoms with E-state index >= 15 is 0 Å². The van der Waals surface area contributed by atoms with E-state index in [0.29, 0.717) is 12.6 Å². The zero-order valence-electron chi connectivity index (χ0n) is 13.4. The van der Waals surface area contributed by atoms with Gasteiger partial charge in [-0.05, 0) is 25.3 Å². The number of rotatable bonds is 6. The fraction of sp³-hybridized carbons (Fsp3) is 0.600. The van der Waals surface area contributed by atoms with Crippen LogP contribution in [0.2, 0.25) is 0 Å². The van der Waals surface area contributed by atoms with E-state index in [1.165, 1.54) is 11.5 Å². The zero-order valence-corrected chi connectivity index (χ0v) is 14.3. The SMILES string of the molecule is COCCc1nsc(N2CCCC(Oc3ncc(C)cn3)C2)n1. The molecule has 1 fully saturated rings. The number of aromatic nitrogens is 4. The highest BCUT2D eigenvalue weighted by Gasteiger charge is 2.24. The van der Waals surface area contributed by atoms with Crippen LogP contribution < -0.4 is 9.64 Å². The van der Waals surface area contributed by atoms with Crippen molar-refractivity contribution in [3.05, 3.63) is 23.8 Å². The molecular formula is C15H21N5O2S. The van der Waals surface area contributed by atoms with E-state index in [4.69, 9.17) is 9.47 Å². The second-order valence-electron chi connectivity index (χ2n) is 5.61. The Morgan fingerprint density at radius 3 is 2.96 bits per heavy atom. The molecule has 1 atom stereocenters. The minimum atomic E-state index is 0.0813. The number of aryl methyl sites for hydroxylation is 1. The molecule has 0 spiro atoms. The van der Waals surface area contributed by atoms with Crippen LogP contribution in [0.4, 0.5) is 5.13 Å². The zero-order chi connectivity index (χ0) is 16.1. The van der Waals surface area contributed by atoms with Crippen molar-refractivity contribution in [1.82, 2.24) is 19.3 Å².